The third-order valence-corrected chi connectivity index (χ3v) is 3.84. The van der Waals surface area contributed by atoms with E-state index in [1.54, 1.807) is 7.05 Å². The van der Waals surface area contributed by atoms with Crippen LogP contribution < -0.4 is 5.48 Å². The second-order valence-electron chi connectivity index (χ2n) is 4.38. The van der Waals surface area contributed by atoms with Crippen LogP contribution in [0.2, 0.25) is 0 Å². The Labute approximate surface area is 122 Å². The summed E-state index contributed by atoms with van der Waals surface area (Å²) < 4.78 is 1.09. The van der Waals surface area contributed by atoms with E-state index in [0.29, 0.717) is 5.92 Å². The van der Waals surface area contributed by atoms with Gasteiger partial charge in [0.25, 0.3) is 0 Å². The quantitative estimate of drug-likeness (QED) is 0.861. The van der Waals surface area contributed by atoms with Gasteiger partial charge in [-0.2, -0.15) is 5.48 Å². The lowest BCUT2D eigenvalue weighted by molar-refractivity contribution is -0.154. The predicted molar refractivity (Wildman–Crippen MR) is 76.6 cm³/mol. The molecule has 1 saturated carbocycles. The molecule has 1 N–H and O–H groups in total. The molecule has 3 nitrogen and oxygen atoms in total. The maximum absolute atomic E-state index is 11.6. The van der Waals surface area contributed by atoms with Crippen LogP contribution >= 0.6 is 28.3 Å². The van der Waals surface area contributed by atoms with Crippen molar-refractivity contribution in [2.24, 2.45) is 5.92 Å². The Kier molecular flexibility index (Phi) is 6.12. The first-order valence-electron chi connectivity index (χ1n) is 5.83. The summed E-state index contributed by atoms with van der Waals surface area (Å²) in [5.74, 6) is 0.390. The summed E-state index contributed by atoms with van der Waals surface area (Å²) in [6, 6.07) is 8.35. The molecule has 5 heteroatoms. The molecule has 2 atom stereocenters. The fourth-order valence-electron chi connectivity index (χ4n) is 2.42. The predicted octanol–water partition coefficient (Wildman–Crippen LogP) is 3.43. The summed E-state index contributed by atoms with van der Waals surface area (Å²) in [6.07, 6.45) is 2.87. The molecule has 0 amide bonds. The molecule has 1 fully saturated rings. The van der Waals surface area contributed by atoms with Gasteiger partial charge >= 0.3 is 5.97 Å². The maximum Gasteiger partial charge on any atom is 0.327 e. The number of carbonyl (C=O) groups excluding carboxylic acids is 1. The summed E-state index contributed by atoms with van der Waals surface area (Å²) in [5.41, 5.74) is 3.76. The molecule has 0 heterocycles. The molecule has 2 rings (SSSR count). The first-order chi connectivity index (χ1) is 8.20. The Balaban J connectivity index is 0.00000162. The summed E-state index contributed by atoms with van der Waals surface area (Å²) in [5, 5.41) is 0. The van der Waals surface area contributed by atoms with Crippen molar-refractivity contribution in [3.05, 3.63) is 34.3 Å². The van der Waals surface area contributed by atoms with Crippen molar-refractivity contribution in [2.45, 2.75) is 25.2 Å². The monoisotopic (exact) mass is 333 g/mol. The van der Waals surface area contributed by atoms with Gasteiger partial charge in [-0.05, 0) is 42.9 Å². The van der Waals surface area contributed by atoms with Gasteiger partial charge in [0.1, 0.15) is 0 Å². The van der Waals surface area contributed by atoms with E-state index < -0.39 is 0 Å². The molecule has 0 aliphatic heterocycles. The van der Waals surface area contributed by atoms with Crippen LogP contribution in [0, 0.1) is 5.92 Å². The van der Waals surface area contributed by atoms with Gasteiger partial charge in [-0.1, -0.05) is 28.1 Å². The maximum atomic E-state index is 11.6. The molecular formula is C13H17BrClNO2. The highest BCUT2D eigenvalue weighted by Crippen LogP contribution is 2.38. The number of halogens is 2. The Hall–Kier alpha value is -0.580. The van der Waals surface area contributed by atoms with Crippen molar-refractivity contribution >= 4 is 34.3 Å². The van der Waals surface area contributed by atoms with Crippen molar-refractivity contribution in [3.8, 4) is 0 Å². The van der Waals surface area contributed by atoms with Gasteiger partial charge in [-0.15, -0.1) is 12.4 Å². The van der Waals surface area contributed by atoms with Gasteiger partial charge in [-0.25, -0.2) is 0 Å². The van der Waals surface area contributed by atoms with Crippen LogP contribution in [0.4, 0.5) is 0 Å². The van der Waals surface area contributed by atoms with E-state index >= 15 is 0 Å². The molecule has 1 aliphatic rings. The molecule has 1 aromatic rings. The van der Waals surface area contributed by atoms with E-state index in [4.69, 9.17) is 4.84 Å². The van der Waals surface area contributed by atoms with Crippen LogP contribution in [-0.2, 0) is 9.63 Å². The highest BCUT2D eigenvalue weighted by molar-refractivity contribution is 9.10. The molecule has 1 aliphatic carbocycles. The SMILES string of the molecule is CNOC(=O)C1CCC(c2ccc(Br)cc2)C1.Cl. The lowest BCUT2D eigenvalue weighted by Gasteiger charge is -2.11. The van der Waals surface area contributed by atoms with Crippen LogP contribution in [0.25, 0.3) is 0 Å². The van der Waals surface area contributed by atoms with E-state index in [9.17, 15) is 4.79 Å². The number of benzene rings is 1. The van der Waals surface area contributed by atoms with E-state index in [1.165, 1.54) is 5.56 Å². The molecule has 0 aromatic heterocycles. The van der Waals surface area contributed by atoms with E-state index in [0.717, 1.165) is 23.7 Å². The Morgan fingerprint density at radius 3 is 2.61 bits per heavy atom. The Bertz CT molecular complexity index is 396. The average Bonchev–Trinajstić information content (AvgIpc) is 2.80. The minimum absolute atomic E-state index is 0. The second kappa shape index (κ2) is 7.12. The summed E-state index contributed by atoms with van der Waals surface area (Å²) in [7, 11) is 1.61. The Morgan fingerprint density at radius 2 is 2.00 bits per heavy atom. The fourth-order valence-corrected chi connectivity index (χ4v) is 2.68. The molecular weight excluding hydrogens is 318 g/mol. The summed E-state index contributed by atoms with van der Waals surface area (Å²) in [4.78, 5) is 16.4. The normalized spacial score (nSPS) is 22.3. The molecule has 18 heavy (non-hydrogen) atoms. The van der Waals surface area contributed by atoms with Crippen LogP contribution in [0.15, 0.2) is 28.7 Å². The number of nitrogens with one attached hydrogen (secondary N) is 1. The number of carbonyl (C=O) groups is 1. The van der Waals surface area contributed by atoms with Crippen LogP contribution in [0.5, 0.6) is 0 Å². The summed E-state index contributed by atoms with van der Waals surface area (Å²) >= 11 is 3.43. The van der Waals surface area contributed by atoms with Gasteiger partial charge < -0.3 is 4.84 Å². The second-order valence-corrected chi connectivity index (χ2v) is 5.30. The number of hydrogen-bond donors (Lipinski definition) is 1. The molecule has 100 valence electrons. The average molecular weight is 335 g/mol. The minimum Gasteiger partial charge on any atom is -0.371 e. The standard InChI is InChI=1S/C13H16BrNO2.ClH/c1-15-17-13(16)11-3-2-10(8-11)9-4-6-12(14)7-5-9;/h4-7,10-11,15H,2-3,8H2,1H3;1H. The van der Waals surface area contributed by atoms with Crippen molar-refractivity contribution in [1.29, 1.82) is 0 Å². The number of rotatable bonds is 3. The third kappa shape index (κ3) is 3.70. The molecule has 1 aromatic carbocycles. The zero-order valence-corrected chi connectivity index (χ0v) is 12.6. The highest BCUT2D eigenvalue weighted by atomic mass is 79.9. The molecule has 0 saturated heterocycles. The third-order valence-electron chi connectivity index (χ3n) is 3.31. The largest absolute Gasteiger partial charge is 0.371 e. The van der Waals surface area contributed by atoms with E-state index in [1.807, 2.05) is 0 Å². The fraction of sp³-hybridized carbons (Fsp3) is 0.462. The van der Waals surface area contributed by atoms with E-state index in [2.05, 4.69) is 45.7 Å². The van der Waals surface area contributed by atoms with Gasteiger partial charge in [0, 0.05) is 11.5 Å². The first kappa shape index (κ1) is 15.5. The van der Waals surface area contributed by atoms with Crippen molar-refractivity contribution in [2.75, 3.05) is 7.05 Å². The smallest absolute Gasteiger partial charge is 0.327 e. The lowest BCUT2D eigenvalue weighted by Crippen LogP contribution is -2.21. The van der Waals surface area contributed by atoms with E-state index in [-0.39, 0.29) is 24.3 Å². The Morgan fingerprint density at radius 1 is 1.33 bits per heavy atom. The zero-order valence-electron chi connectivity index (χ0n) is 10.2. The van der Waals surface area contributed by atoms with Gasteiger partial charge in [-0.3, -0.25) is 4.79 Å². The first-order valence-corrected chi connectivity index (χ1v) is 6.63. The molecule has 0 spiro atoms. The van der Waals surface area contributed by atoms with Gasteiger partial charge in [0.05, 0.1) is 5.92 Å². The van der Waals surface area contributed by atoms with Gasteiger partial charge in [0.15, 0.2) is 0 Å². The zero-order chi connectivity index (χ0) is 12.3. The topological polar surface area (TPSA) is 38.3 Å². The summed E-state index contributed by atoms with van der Waals surface area (Å²) in [6.45, 7) is 0. The van der Waals surface area contributed by atoms with Crippen LogP contribution in [-0.4, -0.2) is 13.0 Å². The van der Waals surface area contributed by atoms with Crippen molar-refractivity contribution in [3.63, 3.8) is 0 Å². The lowest BCUT2D eigenvalue weighted by atomic mass is 9.96. The number of hydrogen-bond acceptors (Lipinski definition) is 3. The van der Waals surface area contributed by atoms with Crippen LogP contribution in [0.1, 0.15) is 30.7 Å². The van der Waals surface area contributed by atoms with Crippen molar-refractivity contribution < 1.29 is 9.63 Å². The molecule has 0 radical (unpaired) electrons. The molecule has 0 bridgehead atoms. The van der Waals surface area contributed by atoms with Crippen LogP contribution in [0.3, 0.4) is 0 Å². The van der Waals surface area contributed by atoms with Gasteiger partial charge in [0.2, 0.25) is 0 Å². The number of hydroxylamine groups is 1. The minimum atomic E-state index is -0.132. The molecule has 2 unspecified atom stereocenters. The highest BCUT2D eigenvalue weighted by Gasteiger charge is 2.31. The van der Waals surface area contributed by atoms with Crippen molar-refractivity contribution in [1.82, 2.24) is 5.48 Å².